The highest BCUT2D eigenvalue weighted by Gasteiger charge is 2.54. The van der Waals surface area contributed by atoms with E-state index in [4.69, 9.17) is 0 Å². The molecule has 4 rings (SSSR count). The summed E-state index contributed by atoms with van der Waals surface area (Å²) >= 11 is 0. The average Bonchev–Trinajstić information content (AvgIpc) is 2.85. The minimum Gasteiger partial charge on any atom is -0.295 e. The molecule has 2 heteroatoms. The van der Waals surface area contributed by atoms with Crippen LogP contribution in [0.15, 0.2) is 47.1 Å². The number of carbonyl (C=O) groups excluding carboxylic acids is 2. The molecule has 23 heavy (non-hydrogen) atoms. The molecule has 0 radical (unpaired) electrons. The van der Waals surface area contributed by atoms with Crippen LogP contribution in [0.25, 0.3) is 0 Å². The number of hydrogen-bond donors (Lipinski definition) is 0. The number of rotatable bonds is 1. The Morgan fingerprint density at radius 1 is 1.22 bits per heavy atom. The van der Waals surface area contributed by atoms with Gasteiger partial charge in [0.2, 0.25) is 0 Å². The van der Waals surface area contributed by atoms with E-state index in [0.717, 1.165) is 31.3 Å². The quantitative estimate of drug-likeness (QED) is 0.675. The van der Waals surface area contributed by atoms with Gasteiger partial charge in [0.15, 0.2) is 11.6 Å². The molecule has 0 aliphatic heterocycles. The number of allylic oxidation sites excluding steroid dienone is 8. The highest BCUT2D eigenvalue weighted by molar-refractivity contribution is 6.01. The van der Waals surface area contributed by atoms with Crippen molar-refractivity contribution in [1.82, 2.24) is 0 Å². The van der Waals surface area contributed by atoms with E-state index in [0.29, 0.717) is 11.8 Å². The van der Waals surface area contributed by atoms with E-state index in [1.54, 1.807) is 13.0 Å². The predicted octanol–water partition coefficient (Wildman–Crippen LogP) is 4.34. The highest BCUT2D eigenvalue weighted by atomic mass is 16.1. The molecule has 2 nitrogen and oxygen atoms in total. The molecule has 0 spiro atoms. The summed E-state index contributed by atoms with van der Waals surface area (Å²) in [4.78, 5) is 23.8. The van der Waals surface area contributed by atoms with Gasteiger partial charge in [0.25, 0.3) is 0 Å². The summed E-state index contributed by atoms with van der Waals surface area (Å²) in [7, 11) is 0. The van der Waals surface area contributed by atoms with Gasteiger partial charge >= 0.3 is 0 Å². The fourth-order valence-electron chi connectivity index (χ4n) is 5.64. The Hall–Kier alpha value is -1.70. The minimum atomic E-state index is -0.0156. The fraction of sp³-hybridized carbons (Fsp3) is 0.524. The highest BCUT2D eigenvalue weighted by Crippen LogP contribution is 2.62. The van der Waals surface area contributed by atoms with Gasteiger partial charge in [0, 0.05) is 10.8 Å². The van der Waals surface area contributed by atoms with Crippen LogP contribution in [-0.2, 0) is 9.59 Å². The van der Waals surface area contributed by atoms with Gasteiger partial charge in [0.1, 0.15) is 0 Å². The van der Waals surface area contributed by atoms with Crippen molar-refractivity contribution in [3.05, 3.63) is 47.1 Å². The summed E-state index contributed by atoms with van der Waals surface area (Å²) in [6.07, 6.45) is 14.3. The van der Waals surface area contributed by atoms with Crippen molar-refractivity contribution in [2.24, 2.45) is 22.7 Å². The Bertz CT molecular complexity index is 733. The van der Waals surface area contributed by atoms with Crippen molar-refractivity contribution in [3.63, 3.8) is 0 Å². The Balaban J connectivity index is 1.76. The van der Waals surface area contributed by atoms with Crippen molar-refractivity contribution in [2.45, 2.75) is 46.5 Å². The van der Waals surface area contributed by atoms with E-state index >= 15 is 0 Å². The van der Waals surface area contributed by atoms with Gasteiger partial charge in [-0.15, -0.1) is 0 Å². The second-order valence-electron chi connectivity index (χ2n) is 8.07. The Labute approximate surface area is 138 Å². The molecule has 4 aliphatic rings. The topological polar surface area (TPSA) is 34.1 Å². The summed E-state index contributed by atoms with van der Waals surface area (Å²) in [6.45, 7) is 6.28. The van der Waals surface area contributed by atoms with Crippen molar-refractivity contribution < 1.29 is 9.59 Å². The molecule has 0 bridgehead atoms. The van der Waals surface area contributed by atoms with Crippen LogP contribution in [0.4, 0.5) is 0 Å². The third-order valence-corrected chi connectivity index (χ3v) is 6.96. The van der Waals surface area contributed by atoms with Gasteiger partial charge in [-0.3, -0.25) is 9.59 Å². The molecule has 0 heterocycles. The number of ketones is 2. The summed E-state index contributed by atoms with van der Waals surface area (Å²) in [6, 6.07) is 0. The minimum absolute atomic E-state index is 0.0138. The second kappa shape index (κ2) is 4.66. The number of hydrogen-bond acceptors (Lipinski definition) is 2. The molecule has 4 atom stereocenters. The molecular weight excluding hydrogens is 284 g/mol. The molecule has 0 saturated heterocycles. The lowest BCUT2D eigenvalue weighted by atomic mass is 9.51. The Morgan fingerprint density at radius 3 is 2.74 bits per heavy atom. The van der Waals surface area contributed by atoms with Gasteiger partial charge in [-0.2, -0.15) is 0 Å². The zero-order valence-electron chi connectivity index (χ0n) is 14.2. The van der Waals surface area contributed by atoms with Crippen LogP contribution in [-0.4, -0.2) is 11.6 Å². The number of Topliss-reactive ketones (excluding diaryl/α,β-unsaturated/α-hetero) is 1. The molecule has 0 N–H and O–H groups in total. The first kappa shape index (κ1) is 14.9. The van der Waals surface area contributed by atoms with Crippen molar-refractivity contribution in [2.75, 3.05) is 0 Å². The molecule has 0 aromatic carbocycles. The average molecular weight is 308 g/mol. The molecule has 0 aromatic rings. The standard InChI is InChI=1S/C21H24O2/c1-13(22)17-6-7-18-16-5-4-14-12-15(23)8-10-20(14,2)19(16)9-11-21(17,18)3/h5-6,8,10,12,18-19H,4,7,9,11H2,1-3H3. The largest absolute Gasteiger partial charge is 0.295 e. The summed E-state index contributed by atoms with van der Waals surface area (Å²) < 4.78 is 0. The number of fused-ring (bicyclic) bond motifs is 5. The van der Waals surface area contributed by atoms with Gasteiger partial charge in [-0.05, 0) is 62.2 Å². The maximum atomic E-state index is 12.0. The van der Waals surface area contributed by atoms with Crippen LogP contribution >= 0.6 is 0 Å². The molecule has 120 valence electrons. The van der Waals surface area contributed by atoms with E-state index in [1.165, 1.54) is 11.1 Å². The van der Waals surface area contributed by atoms with E-state index in [9.17, 15) is 9.59 Å². The first-order valence-electron chi connectivity index (χ1n) is 8.72. The van der Waals surface area contributed by atoms with E-state index in [-0.39, 0.29) is 22.4 Å². The monoisotopic (exact) mass is 308 g/mol. The van der Waals surface area contributed by atoms with Crippen molar-refractivity contribution in [1.29, 1.82) is 0 Å². The van der Waals surface area contributed by atoms with E-state index < -0.39 is 0 Å². The zero-order valence-corrected chi connectivity index (χ0v) is 14.2. The third-order valence-electron chi connectivity index (χ3n) is 6.96. The van der Waals surface area contributed by atoms with Crippen molar-refractivity contribution in [3.8, 4) is 0 Å². The molecular formula is C21H24O2. The SMILES string of the molecule is CC(=O)C1=CCC2C3=CCC4=CC(=O)C=CC4(C)C3CCC12C. The van der Waals surface area contributed by atoms with Crippen LogP contribution in [0.1, 0.15) is 46.5 Å². The van der Waals surface area contributed by atoms with Crippen LogP contribution in [0.5, 0.6) is 0 Å². The van der Waals surface area contributed by atoms with Gasteiger partial charge < -0.3 is 0 Å². The lowest BCUT2D eigenvalue weighted by Crippen LogP contribution is -2.44. The lowest BCUT2D eigenvalue weighted by molar-refractivity contribution is -0.115. The first-order chi connectivity index (χ1) is 10.9. The fourth-order valence-corrected chi connectivity index (χ4v) is 5.64. The summed E-state index contributed by atoms with van der Waals surface area (Å²) in [5, 5.41) is 0. The third kappa shape index (κ3) is 1.87. The van der Waals surface area contributed by atoms with Crippen LogP contribution in [0, 0.1) is 22.7 Å². The van der Waals surface area contributed by atoms with Crippen LogP contribution < -0.4 is 0 Å². The number of carbonyl (C=O) groups is 2. The summed E-state index contributed by atoms with van der Waals surface area (Å²) in [5.74, 6) is 1.30. The van der Waals surface area contributed by atoms with E-state index in [1.807, 2.05) is 6.08 Å². The van der Waals surface area contributed by atoms with Gasteiger partial charge in [-0.1, -0.05) is 43.2 Å². The zero-order chi connectivity index (χ0) is 16.4. The molecule has 4 unspecified atom stereocenters. The molecule has 1 fully saturated rings. The second-order valence-corrected chi connectivity index (χ2v) is 8.07. The molecule has 0 aromatic heterocycles. The Kier molecular flexibility index (Phi) is 3.01. The lowest BCUT2D eigenvalue weighted by Gasteiger charge is -2.52. The first-order valence-corrected chi connectivity index (χ1v) is 8.72. The Morgan fingerprint density at radius 2 is 2.00 bits per heavy atom. The van der Waals surface area contributed by atoms with E-state index in [2.05, 4.69) is 32.1 Å². The molecule has 1 saturated carbocycles. The molecule has 0 amide bonds. The van der Waals surface area contributed by atoms with Crippen molar-refractivity contribution >= 4 is 11.6 Å². The van der Waals surface area contributed by atoms with Crippen LogP contribution in [0.3, 0.4) is 0 Å². The van der Waals surface area contributed by atoms with Gasteiger partial charge in [-0.25, -0.2) is 0 Å². The summed E-state index contributed by atoms with van der Waals surface area (Å²) in [5.41, 5.74) is 3.84. The smallest absolute Gasteiger partial charge is 0.178 e. The van der Waals surface area contributed by atoms with Crippen LogP contribution in [0.2, 0.25) is 0 Å². The molecule has 4 aliphatic carbocycles. The maximum absolute atomic E-state index is 12.0. The normalized spacial score (nSPS) is 41.3. The maximum Gasteiger partial charge on any atom is 0.178 e. The predicted molar refractivity (Wildman–Crippen MR) is 90.7 cm³/mol. The van der Waals surface area contributed by atoms with Gasteiger partial charge in [0.05, 0.1) is 0 Å².